The first-order valence-corrected chi connectivity index (χ1v) is 9.46. The van der Waals surface area contributed by atoms with Crippen molar-refractivity contribution in [2.75, 3.05) is 13.2 Å². The van der Waals surface area contributed by atoms with Gasteiger partial charge in [0, 0.05) is 0 Å². The third-order valence-electron chi connectivity index (χ3n) is 5.21. The maximum absolute atomic E-state index is 14.3. The van der Waals surface area contributed by atoms with Gasteiger partial charge in [-0.1, -0.05) is 91.0 Å². The number of aliphatic hydroxyl groups excluding tert-OH is 1. The molecule has 3 aromatic carbocycles. The molecule has 1 aliphatic heterocycles. The highest BCUT2D eigenvalue weighted by atomic mass is 19.1. The zero-order valence-electron chi connectivity index (χ0n) is 15.4. The fourth-order valence-corrected chi connectivity index (χ4v) is 3.77. The number of halogens is 1. The molecule has 0 aromatic heterocycles. The Labute approximate surface area is 164 Å². The summed E-state index contributed by atoms with van der Waals surface area (Å²) in [4.78, 5) is 0. The summed E-state index contributed by atoms with van der Waals surface area (Å²) in [5, 5.41) is 9.69. The lowest BCUT2D eigenvalue weighted by atomic mass is 9.80. The summed E-state index contributed by atoms with van der Waals surface area (Å²) < 4.78 is 26.3. The Morgan fingerprint density at radius 3 is 1.61 bits per heavy atom. The normalized spacial score (nSPS) is 22.3. The summed E-state index contributed by atoms with van der Waals surface area (Å²) in [6.07, 6.45) is -3.36. The van der Waals surface area contributed by atoms with Gasteiger partial charge < -0.3 is 14.6 Å². The van der Waals surface area contributed by atoms with Gasteiger partial charge in [-0.15, -0.1) is 0 Å². The van der Waals surface area contributed by atoms with E-state index in [2.05, 4.69) is 0 Å². The van der Waals surface area contributed by atoms with Crippen molar-refractivity contribution >= 4 is 0 Å². The van der Waals surface area contributed by atoms with E-state index in [0.29, 0.717) is 0 Å². The van der Waals surface area contributed by atoms with Crippen molar-refractivity contribution in [2.45, 2.75) is 24.0 Å². The quantitative estimate of drug-likeness (QED) is 0.657. The van der Waals surface area contributed by atoms with E-state index < -0.39 is 24.0 Å². The number of alkyl halides is 1. The molecule has 1 heterocycles. The van der Waals surface area contributed by atoms with Gasteiger partial charge in [0.25, 0.3) is 0 Å². The summed E-state index contributed by atoms with van der Waals surface area (Å²) >= 11 is 0. The van der Waals surface area contributed by atoms with Crippen molar-refractivity contribution in [1.82, 2.24) is 0 Å². The lowest BCUT2D eigenvalue weighted by Gasteiger charge is -2.36. The molecule has 4 heteroatoms. The Hall–Kier alpha value is -2.53. The Kier molecular flexibility index (Phi) is 5.53. The predicted octanol–water partition coefficient (Wildman–Crippen LogP) is 4.09. The van der Waals surface area contributed by atoms with Gasteiger partial charge in [-0.25, -0.2) is 4.39 Å². The molecule has 0 aliphatic carbocycles. The molecule has 1 N–H and O–H groups in total. The van der Waals surface area contributed by atoms with E-state index in [1.807, 2.05) is 91.0 Å². The molecule has 1 aliphatic rings. The minimum Gasteiger partial charge on any atom is -0.388 e. The number of hydrogen-bond donors (Lipinski definition) is 1. The van der Waals surface area contributed by atoms with Crippen LogP contribution in [0.25, 0.3) is 0 Å². The average molecular weight is 378 g/mol. The average Bonchev–Trinajstić information content (AvgIpc) is 3.09. The molecule has 1 saturated heterocycles. The van der Waals surface area contributed by atoms with Gasteiger partial charge >= 0.3 is 0 Å². The highest BCUT2D eigenvalue weighted by Gasteiger charge is 2.42. The standard InChI is InChI=1S/C24H23FO3/c25-23-21(26)16-27-22(23)17-28-24(18-10-4-1-5-11-18,19-12-6-2-7-13-19)20-14-8-3-9-15-20/h1-15,21-23,26H,16-17H2/t21-,22-,23-/m1/s1. The minimum absolute atomic E-state index is 0.00972. The van der Waals surface area contributed by atoms with Crippen molar-refractivity contribution in [3.05, 3.63) is 108 Å². The van der Waals surface area contributed by atoms with E-state index in [1.165, 1.54) is 0 Å². The molecule has 0 radical (unpaired) electrons. The van der Waals surface area contributed by atoms with Crippen molar-refractivity contribution in [1.29, 1.82) is 0 Å². The van der Waals surface area contributed by atoms with Crippen LogP contribution in [0.3, 0.4) is 0 Å². The van der Waals surface area contributed by atoms with Gasteiger partial charge in [0.05, 0.1) is 13.2 Å². The van der Waals surface area contributed by atoms with Gasteiger partial charge in [0.15, 0.2) is 6.17 Å². The highest BCUT2D eigenvalue weighted by molar-refractivity contribution is 5.47. The summed E-state index contributed by atoms with van der Waals surface area (Å²) in [6, 6.07) is 29.7. The highest BCUT2D eigenvalue weighted by Crippen LogP contribution is 2.41. The van der Waals surface area contributed by atoms with E-state index in [-0.39, 0.29) is 13.2 Å². The van der Waals surface area contributed by atoms with Crippen LogP contribution in [-0.4, -0.2) is 36.7 Å². The number of rotatable bonds is 6. The van der Waals surface area contributed by atoms with Crippen molar-refractivity contribution in [2.24, 2.45) is 0 Å². The molecule has 28 heavy (non-hydrogen) atoms. The van der Waals surface area contributed by atoms with Gasteiger partial charge in [0.2, 0.25) is 0 Å². The van der Waals surface area contributed by atoms with Gasteiger partial charge in [-0.2, -0.15) is 0 Å². The Morgan fingerprint density at radius 2 is 1.25 bits per heavy atom. The van der Waals surface area contributed by atoms with E-state index in [0.717, 1.165) is 16.7 Å². The molecule has 0 spiro atoms. The van der Waals surface area contributed by atoms with Crippen LogP contribution in [0, 0.1) is 0 Å². The minimum atomic E-state index is -1.46. The molecule has 0 saturated carbocycles. The van der Waals surface area contributed by atoms with Crippen LogP contribution in [0.1, 0.15) is 16.7 Å². The van der Waals surface area contributed by atoms with Crippen LogP contribution in [0.2, 0.25) is 0 Å². The lowest BCUT2D eigenvalue weighted by Crippen LogP contribution is -2.38. The second-order valence-electron chi connectivity index (χ2n) is 6.97. The largest absolute Gasteiger partial charge is 0.388 e. The zero-order valence-corrected chi connectivity index (χ0v) is 15.4. The molecule has 3 aromatic rings. The summed E-state index contributed by atoms with van der Waals surface area (Å²) in [5.74, 6) is 0. The van der Waals surface area contributed by atoms with Gasteiger partial charge in [-0.3, -0.25) is 0 Å². The van der Waals surface area contributed by atoms with Crippen LogP contribution in [0.4, 0.5) is 4.39 Å². The van der Waals surface area contributed by atoms with Crippen molar-refractivity contribution in [3.63, 3.8) is 0 Å². The van der Waals surface area contributed by atoms with Crippen molar-refractivity contribution < 1.29 is 19.0 Å². The van der Waals surface area contributed by atoms with Crippen LogP contribution in [0.5, 0.6) is 0 Å². The molecule has 4 rings (SSSR count). The SMILES string of the molecule is O[C@@H]1CO[C@H](COC(c2ccccc2)(c2ccccc2)c2ccccc2)[C@@H]1F. The number of aliphatic hydroxyl groups is 1. The third kappa shape index (κ3) is 3.47. The Bertz CT molecular complexity index is 773. The maximum atomic E-state index is 14.3. The molecule has 3 nitrogen and oxygen atoms in total. The zero-order chi connectivity index (χ0) is 19.4. The second kappa shape index (κ2) is 8.23. The van der Waals surface area contributed by atoms with Crippen LogP contribution in [-0.2, 0) is 15.1 Å². The van der Waals surface area contributed by atoms with Crippen LogP contribution in [0.15, 0.2) is 91.0 Å². The summed E-state index contributed by atoms with van der Waals surface area (Å²) in [5.41, 5.74) is 1.92. The fourth-order valence-electron chi connectivity index (χ4n) is 3.77. The first-order chi connectivity index (χ1) is 13.7. The fraction of sp³-hybridized carbons (Fsp3) is 0.250. The van der Waals surface area contributed by atoms with Crippen LogP contribution < -0.4 is 0 Å². The van der Waals surface area contributed by atoms with E-state index in [4.69, 9.17) is 9.47 Å². The monoisotopic (exact) mass is 378 g/mol. The Morgan fingerprint density at radius 1 is 0.821 bits per heavy atom. The third-order valence-corrected chi connectivity index (χ3v) is 5.21. The number of hydrogen-bond acceptors (Lipinski definition) is 3. The van der Waals surface area contributed by atoms with Crippen LogP contribution >= 0.6 is 0 Å². The smallest absolute Gasteiger partial charge is 0.156 e. The molecule has 1 fully saturated rings. The molecule has 3 atom stereocenters. The number of ether oxygens (including phenoxy) is 2. The van der Waals surface area contributed by atoms with Gasteiger partial charge in [-0.05, 0) is 16.7 Å². The maximum Gasteiger partial charge on any atom is 0.156 e. The molecular weight excluding hydrogens is 355 g/mol. The lowest BCUT2D eigenvalue weighted by molar-refractivity contribution is -0.0592. The van der Waals surface area contributed by atoms with E-state index in [9.17, 15) is 9.50 Å². The molecule has 0 unspecified atom stereocenters. The van der Waals surface area contributed by atoms with Gasteiger partial charge in [0.1, 0.15) is 17.8 Å². The molecule has 0 bridgehead atoms. The second-order valence-corrected chi connectivity index (χ2v) is 6.97. The predicted molar refractivity (Wildman–Crippen MR) is 106 cm³/mol. The summed E-state index contributed by atoms with van der Waals surface area (Å²) in [7, 11) is 0. The Balaban J connectivity index is 1.81. The topological polar surface area (TPSA) is 38.7 Å². The molecule has 0 amide bonds. The first kappa shape index (κ1) is 18.8. The summed E-state index contributed by atoms with van der Waals surface area (Å²) in [6.45, 7) is 0.0150. The van der Waals surface area contributed by atoms with Crippen molar-refractivity contribution in [3.8, 4) is 0 Å². The molecule has 144 valence electrons. The first-order valence-electron chi connectivity index (χ1n) is 9.46. The van der Waals surface area contributed by atoms with E-state index in [1.54, 1.807) is 0 Å². The molecular formula is C24H23FO3. The number of benzene rings is 3. The van der Waals surface area contributed by atoms with E-state index >= 15 is 0 Å².